The molecule has 1 aliphatic heterocycles. The molecule has 1 heterocycles. The van der Waals surface area contributed by atoms with Crippen molar-refractivity contribution in [3.05, 3.63) is 52.0 Å². The van der Waals surface area contributed by atoms with Crippen molar-refractivity contribution in [2.45, 2.75) is 19.8 Å². The number of aryl methyl sites for hydroxylation is 1. The fourth-order valence-electron chi connectivity index (χ4n) is 3.94. The molecule has 1 saturated heterocycles. The van der Waals surface area contributed by atoms with E-state index >= 15 is 0 Å². The number of hydrogen-bond acceptors (Lipinski definition) is 5. The Morgan fingerprint density at radius 1 is 1.00 bits per heavy atom. The molecule has 0 bridgehead atoms. The van der Waals surface area contributed by atoms with Gasteiger partial charge in [-0.3, -0.25) is 9.59 Å². The van der Waals surface area contributed by atoms with Crippen molar-refractivity contribution in [3.8, 4) is 17.2 Å². The zero-order valence-corrected chi connectivity index (χ0v) is 18.4. The highest BCUT2D eigenvalue weighted by Gasteiger charge is 2.32. The number of piperidine rings is 1. The predicted molar refractivity (Wildman–Crippen MR) is 115 cm³/mol. The molecule has 0 radical (unpaired) electrons. The minimum atomic E-state index is -0.256. The van der Waals surface area contributed by atoms with Crippen molar-refractivity contribution in [2.24, 2.45) is 5.92 Å². The summed E-state index contributed by atoms with van der Waals surface area (Å²) in [5.74, 6) is 0.764. The lowest BCUT2D eigenvalue weighted by atomic mass is 9.88. The number of benzene rings is 2. The van der Waals surface area contributed by atoms with Crippen LogP contribution in [0.3, 0.4) is 0 Å². The first-order valence-electron chi connectivity index (χ1n) is 9.79. The summed E-state index contributed by atoms with van der Waals surface area (Å²) in [4.78, 5) is 28.1. The molecule has 1 fully saturated rings. The smallest absolute Gasteiger partial charge is 0.257 e. The van der Waals surface area contributed by atoms with Crippen LogP contribution in [0.25, 0.3) is 0 Å². The quantitative estimate of drug-likeness (QED) is 0.634. The van der Waals surface area contributed by atoms with Crippen molar-refractivity contribution in [2.75, 3.05) is 34.4 Å². The van der Waals surface area contributed by atoms with Crippen LogP contribution >= 0.6 is 11.6 Å². The molecule has 0 N–H and O–H groups in total. The summed E-state index contributed by atoms with van der Waals surface area (Å²) in [5, 5.41) is 0.602. The van der Waals surface area contributed by atoms with E-state index in [2.05, 4.69) is 0 Å². The Morgan fingerprint density at radius 2 is 1.70 bits per heavy atom. The Bertz CT molecular complexity index is 959. The van der Waals surface area contributed by atoms with E-state index in [0.717, 1.165) is 18.4 Å². The molecule has 0 spiro atoms. The second kappa shape index (κ2) is 9.39. The molecular weight excluding hydrogens is 406 g/mol. The molecule has 160 valence electrons. The van der Waals surface area contributed by atoms with Crippen LogP contribution in [0.5, 0.6) is 17.2 Å². The van der Waals surface area contributed by atoms with Gasteiger partial charge in [-0.05, 0) is 55.7 Å². The van der Waals surface area contributed by atoms with Crippen molar-refractivity contribution < 1.29 is 23.8 Å². The van der Waals surface area contributed by atoms with E-state index in [1.165, 1.54) is 21.3 Å². The van der Waals surface area contributed by atoms with E-state index < -0.39 is 0 Å². The number of nitrogens with zero attached hydrogens (tertiary/aromatic N) is 1. The molecule has 2 aromatic carbocycles. The molecule has 6 nitrogen and oxygen atoms in total. The van der Waals surface area contributed by atoms with E-state index in [1.807, 2.05) is 6.92 Å². The van der Waals surface area contributed by atoms with Gasteiger partial charge in [0.2, 0.25) is 5.75 Å². The van der Waals surface area contributed by atoms with Crippen molar-refractivity contribution in [1.82, 2.24) is 4.90 Å². The predicted octanol–water partition coefficient (Wildman–Crippen LogP) is 4.41. The summed E-state index contributed by atoms with van der Waals surface area (Å²) < 4.78 is 16.1. The molecule has 1 atom stereocenters. The summed E-state index contributed by atoms with van der Waals surface area (Å²) >= 11 is 6.02. The number of Topliss-reactive ketones (excluding diaryl/α,β-unsaturated/α-hetero) is 1. The number of hydrogen-bond donors (Lipinski definition) is 0. The van der Waals surface area contributed by atoms with Gasteiger partial charge in [-0.2, -0.15) is 0 Å². The Balaban J connectivity index is 1.85. The number of ether oxygens (including phenoxy) is 3. The van der Waals surface area contributed by atoms with Gasteiger partial charge in [-0.15, -0.1) is 0 Å². The van der Waals surface area contributed by atoms with Gasteiger partial charge in [0.15, 0.2) is 17.3 Å². The van der Waals surface area contributed by atoms with E-state index in [4.69, 9.17) is 25.8 Å². The van der Waals surface area contributed by atoms with Gasteiger partial charge in [0.05, 0.1) is 26.9 Å². The molecule has 2 aromatic rings. The van der Waals surface area contributed by atoms with Crippen molar-refractivity contribution in [3.63, 3.8) is 0 Å². The maximum absolute atomic E-state index is 13.3. The molecule has 0 aromatic heterocycles. The van der Waals surface area contributed by atoms with Crippen LogP contribution in [0.15, 0.2) is 30.3 Å². The Morgan fingerprint density at radius 3 is 2.33 bits per heavy atom. The summed E-state index contributed by atoms with van der Waals surface area (Å²) in [6, 6.07) is 8.62. The van der Waals surface area contributed by atoms with Crippen LogP contribution in [0.2, 0.25) is 5.02 Å². The van der Waals surface area contributed by atoms with E-state index in [1.54, 1.807) is 35.2 Å². The average molecular weight is 432 g/mol. The van der Waals surface area contributed by atoms with Crippen LogP contribution in [0.1, 0.15) is 39.1 Å². The number of rotatable bonds is 6. The maximum atomic E-state index is 13.3. The number of amides is 1. The van der Waals surface area contributed by atoms with Crippen LogP contribution in [0, 0.1) is 12.8 Å². The van der Waals surface area contributed by atoms with E-state index in [0.29, 0.717) is 46.5 Å². The Hall–Kier alpha value is -2.73. The Labute approximate surface area is 181 Å². The lowest BCUT2D eigenvalue weighted by Crippen LogP contribution is -2.42. The topological polar surface area (TPSA) is 65.1 Å². The number of ketones is 1. The fourth-order valence-corrected chi connectivity index (χ4v) is 4.17. The highest BCUT2D eigenvalue weighted by Crippen LogP contribution is 2.40. The zero-order chi connectivity index (χ0) is 21.8. The first-order chi connectivity index (χ1) is 14.4. The number of halogens is 1. The largest absolute Gasteiger partial charge is 0.493 e. The molecule has 30 heavy (non-hydrogen) atoms. The first-order valence-corrected chi connectivity index (χ1v) is 10.2. The lowest BCUT2D eigenvalue weighted by Gasteiger charge is -2.32. The van der Waals surface area contributed by atoms with Gasteiger partial charge in [-0.1, -0.05) is 11.6 Å². The summed E-state index contributed by atoms with van der Waals surface area (Å²) in [6.07, 6.45) is 1.50. The third-order valence-corrected chi connectivity index (χ3v) is 5.70. The summed E-state index contributed by atoms with van der Waals surface area (Å²) in [5.41, 5.74) is 1.88. The van der Waals surface area contributed by atoms with Gasteiger partial charge in [0.25, 0.3) is 5.91 Å². The number of carbonyl (C=O) groups is 2. The monoisotopic (exact) mass is 431 g/mol. The van der Waals surface area contributed by atoms with Gasteiger partial charge >= 0.3 is 0 Å². The van der Waals surface area contributed by atoms with Crippen LogP contribution in [0.4, 0.5) is 0 Å². The molecule has 0 unspecified atom stereocenters. The second-order valence-electron chi connectivity index (χ2n) is 7.30. The number of likely N-dealkylation sites (tertiary alicyclic amines) is 1. The minimum Gasteiger partial charge on any atom is -0.493 e. The summed E-state index contributed by atoms with van der Waals surface area (Å²) in [7, 11) is 4.51. The van der Waals surface area contributed by atoms with Gasteiger partial charge in [-0.25, -0.2) is 0 Å². The highest BCUT2D eigenvalue weighted by atomic mass is 35.5. The summed E-state index contributed by atoms with van der Waals surface area (Å²) in [6.45, 7) is 2.82. The van der Waals surface area contributed by atoms with Gasteiger partial charge < -0.3 is 19.1 Å². The van der Waals surface area contributed by atoms with Crippen LogP contribution in [-0.4, -0.2) is 51.0 Å². The normalized spacial score (nSPS) is 16.2. The number of methoxy groups -OCH3 is 3. The van der Waals surface area contributed by atoms with Gasteiger partial charge in [0.1, 0.15) is 0 Å². The minimum absolute atomic E-state index is 0.0425. The van der Waals surface area contributed by atoms with E-state index in [9.17, 15) is 9.59 Å². The fraction of sp³-hybridized carbons (Fsp3) is 0.391. The second-order valence-corrected chi connectivity index (χ2v) is 7.73. The first kappa shape index (κ1) is 22.0. The molecule has 0 saturated carbocycles. The average Bonchev–Trinajstić information content (AvgIpc) is 2.77. The third-order valence-electron chi connectivity index (χ3n) is 5.47. The SMILES string of the molecule is COc1ccc(C(=O)N2CCC[C@@H](C(=O)c3ccc(Cl)cc3C)C2)c(OC)c1OC. The molecule has 1 aliphatic rings. The van der Waals surface area contributed by atoms with Crippen LogP contribution in [-0.2, 0) is 0 Å². The molecule has 1 amide bonds. The van der Waals surface area contributed by atoms with Crippen molar-refractivity contribution in [1.29, 1.82) is 0 Å². The molecule has 0 aliphatic carbocycles. The molecule has 3 rings (SSSR count). The Kier molecular flexibility index (Phi) is 6.87. The van der Waals surface area contributed by atoms with E-state index in [-0.39, 0.29) is 17.6 Å². The number of carbonyl (C=O) groups excluding carboxylic acids is 2. The third kappa shape index (κ3) is 4.24. The van der Waals surface area contributed by atoms with Crippen LogP contribution < -0.4 is 14.2 Å². The maximum Gasteiger partial charge on any atom is 0.257 e. The molecule has 7 heteroatoms. The van der Waals surface area contributed by atoms with Crippen molar-refractivity contribution >= 4 is 23.3 Å². The highest BCUT2D eigenvalue weighted by molar-refractivity contribution is 6.30. The standard InChI is InChI=1S/C23H26ClNO5/c1-14-12-16(24)7-8-17(14)20(26)15-6-5-11-25(13-15)23(27)18-9-10-19(28-2)22(30-4)21(18)29-3/h7-10,12,15H,5-6,11,13H2,1-4H3/t15-/m1/s1. The van der Waals surface area contributed by atoms with Gasteiger partial charge in [0, 0.05) is 29.6 Å². The lowest BCUT2D eigenvalue weighted by molar-refractivity contribution is 0.0633. The zero-order valence-electron chi connectivity index (χ0n) is 17.7. The molecular formula is C23H26ClNO5.